The molecule has 2 aromatic rings. The van der Waals surface area contributed by atoms with Gasteiger partial charge in [0.05, 0.1) is 37.3 Å². The topological polar surface area (TPSA) is 87.7 Å². The molecule has 1 aromatic heterocycles. The van der Waals surface area contributed by atoms with Crippen molar-refractivity contribution in [1.29, 1.82) is 0 Å². The Hall–Kier alpha value is -3.00. The molecule has 0 unspecified atom stereocenters. The van der Waals surface area contributed by atoms with Crippen molar-refractivity contribution in [3.05, 3.63) is 54.1 Å². The summed E-state index contributed by atoms with van der Waals surface area (Å²) in [5.41, 5.74) is 1.59. The molecular formula is C22H27N5O3. The Morgan fingerprint density at radius 2 is 1.73 bits per heavy atom. The first kappa shape index (κ1) is 20.3. The number of aromatic nitrogens is 2. The number of methoxy groups -OCH3 is 1. The van der Waals surface area contributed by atoms with Crippen LogP contribution in [0.25, 0.3) is 0 Å². The van der Waals surface area contributed by atoms with Gasteiger partial charge in [-0.1, -0.05) is 30.3 Å². The van der Waals surface area contributed by atoms with E-state index in [9.17, 15) is 9.59 Å². The fourth-order valence-electron chi connectivity index (χ4n) is 4.74. The minimum Gasteiger partial charge on any atom is -0.463 e. The molecule has 1 aliphatic heterocycles. The first-order chi connectivity index (χ1) is 14.4. The lowest BCUT2D eigenvalue weighted by Crippen LogP contribution is -2.54. The largest absolute Gasteiger partial charge is 0.463 e. The van der Waals surface area contributed by atoms with Gasteiger partial charge >= 0.3 is 12.0 Å². The number of nitrogens with one attached hydrogen (secondary N) is 1. The minimum atomic E-state index is -0.600. The third-order valence-corrected chi connectivity index (χ3v) is 6.60. The second-order valence-electron chi connectivity index (χ2n) is 8.35. The SMILES string of the molecule is COC(=O)c1ncc(N2CC3(CCC(c4ccccc4)(N(C)C)CC3)NC2=O)cn1. The highest BCUT2D eigenvalue weighted by molar-refractivity contribution is 5.95. The highest BCUT2D eigenvalue weighted by Crippen LogP contribution is 2.46. The molecule has 158 valence electrons. The van der Waals surface area contributed by atoms with Crippen LogP contribution < -0.4 is 10.2 Å². The van der Waals surface area contributed by atoms with Gasteiger partial charge in [-0.05, 0) is 45.3 Å². The summed E-state index contributed by atoms with van der Waals surface area (Å²) < 4.78 is 4.63. The third kappa shape index (κ3) is 3.41. The summed E-state index contributed by atoms with van der Waals surface area (Å²) in [5.74, 6) is -0.621. The predicted octanol–water partition coefficient (Wildman–Crippen LogP) is 2.56. The molecule has 2 fully saturated rings. The van der Waals surface area contributed by atoms with Crippen molar-refractivity contribution >= 4 is 17.7 Å². The highest BCUT2D eigenvalue weighted by atomic mass is 16.5. The fourth-order valence-corrected chi connectivity index (χ4v) is 4.74. The van der Waals surface area contributed by atoms with Gasteiger partial charge in [-0.25, -0.2) is 19.6 Å². The van der Waals surface area contributed by atoms with E-state index < -0.39 is 5.97 Å². The van der Waals surface area contributed by atoms with Gasteiger partial charge < -0.3 is 10.1 Å². The van der Waals surface area contributed by atoms with Gasteiger partial charge in [0.25, 0.3) is 0 Å². The van der Waals surface area contributed by atoms with Gasteiger partial charge in [-0.3, -0.25) is 9.80 Å². The van der Waals surface area contributed by atoms with Gasteiger partial charge in [-0.2, -0.15) is 0 Å². The lowest BCUT2D eigenvalue weighted by Gasteiger charge is -2.48. The van der Waals surface area contributed by atoms with E-state index in [0.29, 0.717) is 12.2 Å². The molecule has 1 aliphatic carbocycles. The number of amides is 2. The number of benzene rings is 1. The number of carbonyl (C=O) groups is 2. The van der Waals surface area contributed by atoms with Crippen LogP contribution in [0.15, 0.2) is 42.7 Å². The Morgan fingerprint density at radius 3 is 2.30 bits per heavy atom. The van der Waals surface area contributed by atoms with E-state index >= 15 is 0 Å². The van der Waals surface area contributed by atoms with E-state index in [-0.39, 0.29) is 22.9 Å². The van der Waals surface area contributed by atoms with Crippen LogP contribution in [-0.2, 0) is 10.3 Å². The van der Waals surface area contributed by atoms with Crippen molar-refractivity contribution in [2.45, 2.75) is 36.8 Å². The third-order valence-electron chi connectivity index (χ3n) is 6.60. The molecule has 4 rings (SSSR count). The van der Waals surface area contributed by atoms with Crippen LogP contribution in [0.4, 0.5) is 10.5 Å². The molecule has 2 heterocycles. The average molecular weight is 409 g/mol. The van der Waals surface area contributed by atoms with E-state index in [1.807, 2.05) is 6.07 Å². The van der Waals surface area contributed by atoms with Crippen LogP contribution in [0, 0.1) is 0 Å². The molecule has 1 saturated carbocycles. The van der Waals surface area contributed by atoms with Crippen molar-refractivity contribution in [3.63, 3.8) is 0 Å². The number of urea groups is 1. The summed E-state index contributed by atoms with van der Waals surface area (Å²) >= 11 is 0. The normalized spacial score (nSPS) is 26.1. The standard InChI is InChI=1S/C22H27N5O3/c1-26(2)22(16-7-5-4-6-8-16)11-9-21(10-12-22)15-27(20(29)25-21)17-13-23-18(24-14-17)19(28)30-3/h4-8,13-14H,9-12,15H2,1-3H3,(H,25,29). The summed E-state index contributed by atoms with van der Waals surface area (Å²) in [5, 5.41) is 3.22. The summed E-state index contributed by atoms with van der Waals surface area (Å²) in [6.07, 6.45) is 6.65. The summed E-state index contributed by atoms with van der Waals surface area (Å²) in [7, 11) is 5.54. The van der Waals surface area contributed by atoms with E-state index in [0.717, 1.165) is 25.7 Å². The van der Waals surface area contributed by atoms with E-state index in [1.165, 1.54) is 25.1 Å². The van der Waals surface area contributed by atoms with E-state index in [4.69, 9.17) is 0 Å². The molecule has 1 saturated heterocycles. The zero-order valence-corrected chi connectivity index (χ0v) is 17.6. The van der Waals surface area contributed by atoms with Crippen LogP contribution in [0.1, 0.15) is 41.9 Å². The average Bonchev–Trinajstić information content (AvgIpc) is 3.10. The number of nitrogens with zero attached hydrogens (tertiary/aromatic N) is 4. The Balaban J connectivity index is 1.51. The van der Waals surface area contributed by atoms with E-state index in [1.54, 1.807) is 4.90 Å². The van der Waals surface area contributed by atoms with Crippen LogP contribution in [0.3, 0.4) is 0 Å². The number of carbonyl (C=O) groups excluding carboxylic acids is 2. The molecule has 8 nitrogen and oxygen atoms in total. The van der Waals surface area contributed by atoms with Gasteiger partial charge in [0.1, 0.15) is 0 Å². The van der Waals surface area contributed by atoms with Crippen molar-refractivity contribution < 1.29 is 14.3 Å². The Morgan fingerprint density at radius 1 is 1.10 bits per heavy atom. The molecule has 0 radical (unpaired) electrons. The smallest absolute Gasteiger partial charge is 0.376 e. The minimum absolute atomic E-state index is 0.0214. The maximum atomic E-state index is 12.7. The zero-order chi connectivity index (χ0) is 21.4. The van der Waals surface area contributed by atoms with Crippen LogP contribution in [-0.4, -0.2) is 60.2 Å². The molecule has 8 heteroatoms. The summed E-state index contributed by atoms with van der Waals surface area (Å²) in [4.78, 5) is 36.3. The highest BCUT2D eigenvalue weighted by Gasteiger charge is 2.50. The molecule has 0 bridgehead atoms. The number of anilines is 1. The number of hydrogen-bond acceptors (Lipinski definition) is 6. The van der Waals surface area contributed by atoms with Gasteiger partial charge in [-0.15, -0.1) is 0 Å². The predicted molar refractivity (Wildman–Crippen MR) is 112 cm³/mol. The Bertz CT molecular complexity index is 922. The van der Waals surface area contributed by atoms with Gasteiger partial charge in [0.2, 0.25) is 5.82 Å². The molecule has 2 aliphatic rings. The molecule has 2 amide bonds. The van der Waals surface area contributed by atoms with Crippen molar-refractivity contribution in [1.82, 2.24) is 20.2 Å². The van der Waals surface area contributed by atoms with Crippen LogP contribution in [0.5, 0.6) is 0 Å². The molecule has 30 heavy (non-hydrogen) atoms. The Kier molecular flexibility index (Phi) is 5.19. The summed E-state index contributed by atoms with van der Waals surface area (Å²) in [6.45, 7) is 0.561. The number of esters is 1. The molecule has 0 atom stereocenters. The molecule has 1 aromatic carbocycles. The zero-order valence-electron chi connectivity index (χ0n) is 17.6. The number of rotatable bonds is 4. The molecule has 1 N–H and O–H groups in total. The van der Waals surface area contributed by atoms with Crippen molar-refractivity contribution in [2.75, 3.05) is 32.6 Å². The van der Waals surface area contributed by atoms with Crippen LogP contribution >= 0.6 is 0 Å². The lowest BCUT2D eigenvalue weighted by molar-refractivity contribution is 0.0586. The monoisotopic (exact) mass is 409 g/mol. The molecular weight excluding hydrogens is 382 g/mol. The second kappa shape index (κ2) is 7.68. The number of ether oxygens (including phenoxy) is 1. The maximum absolute atomic E-state index is 12.7. The quantitative estimate of drug-likeness (QED) is 0.781. The van der Waals surface area contributed by atoms with Crippen molar-refractivity contribution in [2.24, 2.45) is 0 Å². The second-order valence-corrected chi connectivity index (χ2v) is 8.35. The maximum Gasteiger partial charge on any atom is 0.376 e. The first-order valence-corrected chi connectivity index (χ1v) is 10.1. The first-order valence-electron chi connectivity index (χ1n) is 10.1. The van der Waals surface area contributed by atoms with Crippen molar-refractivity contribution in [3.8, 4) is 0 Å². The van der Waals surface area contributed by atoms with Gasteiger partial charge in [0, 0.05) is 5.54 Å². The number of hydrogen-bond donors (Lipinski definition) is 1. The van der Waals surface area contributed by atoms with E-state index in [2.05, 4.69) is 63.3 Å². The van der Waals surface area contributed by atoms with Crippen LogP contribution in [0.2, 0.25) is 0 Å². The van der Waals surface area contributed by atoms with Gasteiger partial charge in [0.15, 0.2) is 0 Å². The molecule has 1 spiro atoms. The Labute approximate surface area is 176 Å². The fraction of sp³-hybridized carbons (Fsp3) is 0.455. The lowest BCUT2D eigenvalue weighted by atomic mass is 9.69. The summed E-state index contributed by atoms with van der Waals surface area (Å²) in [6, 6.07) is 10.4.